The van der Waals surface area contributed by atoms with Crippen molar-refractivity contribution < 1.29 is 10.2 Å². The van der Waals surface area contributed by atoms with E-state index < -0.39 is 0 Å². The summed E-state index contributed by atoms with van der Waals surface area (Å²) in [5, 5.41) is 19.8. The van der Waals surface area contributed by atoms with Gasteiger partial charge < -0.3 is 10.2 Å². The summed E-state index contributed by atoms with van der Waals surface area (Å²) in [6.07, 6.45) is 13.4. The number of allylic oxidation sites excluding steroid dienone is 3. The van der Waals surface area contributed by atoms with Gasteiger partial charge in [-0.15, -0.1) is 0 Å². The minimum atomic E-state index is 0.414. The second-order valence-corrected chi connectivity index (χ2v) is 7.85. The van der Waals surface area contributed by atoms with Gasteiger partial charge in [0.25, 0.3) is 0 Å². The number of fused-ring (bicyclic) bond motifs is 3. The lowest BCUT2D eigenvalue weighted by atomic mass is 9.55. The lowest BCUT2D eigenvalue weighted by molar-refractivity contribution is 0.124. The minimum Gasteiger partial charge on any atom is -0.508 e. The second kappa shape index (κ2) is 6.31. The van der Waals surface area contributed by atoms with Crippen LogP contribution in [-0.4, -0.2) is 10.2 Å². The molecule has 0 amide bonds. The molecule has 1 aromatic carbocycles. The molecule has 3 aliphatic rings. The maximum atomic E-state index is 10.0. The van der Waals surface area contributed by atoms with Crippen LogP contribution in [0.3, 0.4) is 0 Å². The van der Waals surface area contributed by atoms with Gasteiger partial charge in [0, 0.05) is 0 Å². The second-order valence-electron chi connectivity index (χ2n) is 7.85. The Morgan fingerprint density at radius 2 is 1.92 bits per heavy atom. The fourth-order valence-electron chi connectivity index (χ4n) is 5.75. The first-order chi connectivity index (χ1) is 11.7. The van der Waals surface area contributed by atoms with Gasteiger partial charge in [-0.25, -0.2) is 0 Å². The van der Waals surface area contributed by atoms with E-state index >= 15 is 0 Å². The van der Waals surface area contributed by atoms with Crippen molar-refractivity contribution in [3.8, 4) is 5.75 Å². The summed E-state index contributed by atoms with van der Waals surface area (Å²) in [6.45, 7) is 2.30. The Kier molecular flexibility index (Phi) is 4.15. The van der Waals surface area contributed by atoms with Crippen LogP contribution in [0.5, 0.6) is 5.75 Å². The highest BCUT2D eigenvalue weighted by molar-refractivity contribution is 5.43. The van der Waals surface area contributed by atoms with Gasteiger partial charge in [-0.05, 0) is 90.7 Å². The average molecular weight is 324 g/mol. The van der Waals surface area contributed by atoms with E-state index in [1.54, 1.807) is 0 Å². The summed E-state index contributed by atoms with van der Waals surface area (Å²) in [6, 6.07) is 6.08. The van der Waals surface area contributed by atoms with Gasteiger partial charge in [0.15, 0.2) is 0 Å². The summed E-state index contributed by atoms with van der Waals surface area (Å²) in [7, 11) is 0. The standard InChI is InChI=1S/C22H28O2/c1-2-17-19-12-11-16(24)13-21(19)18-5-3-4-6-20(18)22(17)14-7-9-15(23)10-8-14/h7,9-14,17-18,20,22-24H,2-6,8H2,1H3/t14?,17-,18+,20-,22+/m0/s1. The van der Waals surface area contributed by atoms with Crippen LogP contribution in [0.4, 0.5) is 0 Å². The predicted octanol–water partition coefficient (Wildman–Crippen LogP) is 5.81. The maximum absolute atomic E-state index is 10.0. The highest BCUT2D eigenvalue weighted by atomic mass is 16.3. The Bertz CT molecular complexity index is 673. The van der Waals surface area contributed by atoms with Crippen LogP contribution >= 0.6 is 0 Å². The van der Waals surface area contributed by atoms with Crippen molar-refractivity contribution in [3.63, 3.8) is 0 Å². The van der Waals surface area contributed by atoms with Crippen molar-refractivity contribution in [2.24, 2.45) is 17.8 Å². The zero-order valence-electron chi connectivity index (χ0n) is 14.5. The molecule has 0 saturated heterocycles. The largest absolute Gasteiger partial charge is 0.508 e. The summed E-state index contributed by atoms with van der Waals surface area (Å²) < 4.78 is 0. The van der Waals surface area contributed by atoms with Crippen LogP contribution in [0.25, 0.3) is 0 Å². The zero-order valence-corrected chi connectivity index (χ0v) is 14.5. The lowest BCUT2D eigenvalue weighted by Crippen LogP contribution is -2.39. The zero-order chi connectivity index (χ0) is 16.7. The molecule has 24 heavy (non-hydrogen) atoms. The Labute approximate surface area is 144 Å². The maximum Gasteiger partial charge on any atom is 0.115 e. The summed E-state index contributed by atoms with van der Waals surface area (Å²) in [4.78, 5) is 0. The number of benzene rings is 1. The van der Waals surface area contributed by atoms with E-state index in [0.29, 0.717) is 41.1 Å². The van der Waals surface area contributed by atoms with Crippen LogP contribution in [0.1, 0.15) is 68.4 Å². The molecule has 1 unspecified atom stereocenters. The number of hydrogen-bond acceptors (Lipinski definition) is 2. The van der Waals surface area contributed by atoms with E-state index in [0.717, 1.165) is 12.8 Å². The van der Waals surface area contributed by atoms with Gasteiger partial charge in [0.1, 0.15) is 11.5 Å². The molecule has 1 fully saturated rings. The molecule has 128 valence electrons. The SMILES string of the molecule is CC[C@H]1c2ccc(O)cc2[C@@H]2CCCC[C@@H]2[C@@H]1C1C=CC(O)=CC1. The number of rotatable bonds is 2. The van der Waals surface area contributed by atoms with Crippen molar-refractivity contribution in [3.05, 3.63) is 53.3 Å². The monoisotopic (exact) mass is 324 g/mol. The lowest BCUT2D eigenvalue weighted by Gasteiger charge is -2.49. The first kappa shape index (κ1) is 15.8. The summed E-state index contributed by atoms with van der Waals surface area (Å²) in [5.41, 5.74) is 2.89. The number of phenolic OH excluding ortho intramolecular Hbond substituents is 1. The van der Waals surface area contributed by atoms with Crippen molar-refractivity contribution in [2.75, 3.05) is 0 Å². The van der Waals surface area contributed by atoms with Crippen molar-refractivity contribution in [2.45, 2.75) is 57.3 Å². The third-order valence-corrected chi connectivity index (χ3v) is 6.70. The molecule has 3 aliphatic carbocycles. The molecule has 0 radical (unpaired) electrons. The number of phenols is 1. The van der Waals surface area contributed by atoms with E-state index in [2.05, 4.69) is 19.1 Å². The quantitative estimate of drug-likeness (QED) is 0.721. The summed E-state index contributed by atoms with van der Waals surface area (Å²) in [5.74, 6) is 3.87. The Morgan fingerprint density at radius 1 is 1.08 bits per heavy atom. The topological polar surface area (TPSA) is 40.5 Å². The highest BCUT2D eigenvalue weighted by Gasteiger charge is 2.45. The Hall–Kier alpha value is -1.70. The highest BCUT2D eigenvalue weighted by Crippen LogP contribution is 2.57. The molecule has 0 aromatic heterocycles. The van der Waals surface area contributed by atoms with E-state index in [1.807, 2.05) is 24.3 Å². The Morgan fingerprint density at radius 3 is 2.67 bits per heavy atom. The molecule has 4 rings (SSSR count). The van der Waals surface area contributed by atoms with Crippen molar-refractivity contribution >= 4 is 0 Å². The Balaban J connectivity index is 1.78. The minimum absolute atomic E-state index is 0.414. The molecule has 1 aromatic rings. The molecule has 0 aliphatic heterocycles. The molecular weight excluding hydrogens is 296 g/mol. The predicted molar refractivity (Wildman–Crippen MR) is 97.3 cm³/mol. The smallest absolute Gasteiger partial charge is 0.115 e. The van der Waals surface area contributed by atoms with Crippen LogP contribution in [-0.2, 0) is 0 Å². The van der Waals surface area contributed by atoms with Crippen molar-refractivity contribution in [1.82, 2.24) is 0 Å². The normalized spacial score (nSPS) is 35.0. The van der Waals surface area contributed by atoms with Gasteiger partial charge in [-0.1, -0.05) is 31.9 Å². The summed E-state index contributed by atoms with van der Waals surface area (Å²) >= 11 is 0. The average Bonchev–Trinajstić information content (AvgIpc) is 2.61. The van der Waals surface area contributed by atoms with E-state index in [9.17, 15) is 10.2 Å². The number of hydrogen-bond donors (Lipinski definition) is 2. The molecule has 0 spiro atoms. The van der Waals surface area contributed by atoms with Gasteiger partial charge in [0.2, 0.25) is 0 Å². The molecule has 2 heteroatoms. The van der Waals surface area contributed by atoms with E-state index in [4.69, 9.17) is 0 Å². The molecule has 2 N–H and O–H groups in total. The van der Waals surface area contributed by atoms with Gasteiger partial charge in [-0.2, -0.15) is 0 Å². The third-order valence-electron chi connectivity index (χ3n) is 6.70. The third kappa shape index (κ3) is 2.56. The van der Waals surface area contributed by atoms with E-state index in [-0.39, 0.29) is 0 Å². The van der Waals surface area contributed by atoms with Gasteiger partial charge >= 0.3 is 0 Å². The van der Waals surface area contributed by atoms with Crippen LogP contribution in [0.2, 0.25) is 0 Å². The van der Waals surface area contributed by atoms with Crippen LogP contribution < -0.4 is 0 Å². The molecule has 2 nitrogen and oxygen atoms in total. The van der Waals surface area contributed by atoms with E-state index in [1.165, 1.54) is 36.8 Å². The molecular formula is C22H28O2. The van der Waals surface area contributed by atoms with Gasteiger partial charge in [0.05, 0.1) is 0 Å². The number of aliphatic hydroxyl groups excluding tert-OH is 1. The van der Waals surface area contributed by atoms with Gasteiger partial charge in [-0.3, -0.25) is 0 Å². The van der Waals surface area contributed by atoms with Crippen LogP contribution in [0.15, 0.2) is 42.2 Å². The fraction of sp³-hybridized carbons (Fsp3) is 0.545. The van der Waals surface area contributed by atoms with Crippen LogP contribution in [0, 0.1) is 17.8 Å². The molecule has 1 saturated carbocycles. The molecule has 0 bridgehead atoms. The van der Waals surface area contributed by atoms with Crippen molar-refractivity contribution in [1.29, 1.82) is 0 Å². The number of aromatic hydroxyl groups is 1. The molecule has 5 atom stereocenters. The first-order valence-electron chi connectivity index (χ1n) is 9.59. The fourth-order valence-corrected chi connectivity index (χ4v) is 5.75. The first-order valence-corrected chi connectivity index (χ1v) is 9.59. The molecule has 0 heterocycles. The number of aliphatic hydroxyl groups is 1.